The third-order valence-electron chi connectivity index (χ3n) is 6.63. The summed E-state index contributed by atoms with van der Waals surface area (Å²) in [6, 6.07) is 20.9. The van der Waals surface area contributed by atoms with Crippen LogP contribution in [-0.2, 0) is 22.6 Å². The predicted octanol–water partition coefficient (Wildman–Crippen LogP) is 7.28. The molecule has 1 heterocycles. The Balaban J connectivity index is 1.41. The second-order valence-corrected chi connectivity index (χ2v) is 9.87. The van der Waals surface area contributed by atoms with Gasteiger partial charge in [-0.2, -0.15) is 0 Å². The zero-order chi connectivity index (χ0) is 29.2. The number of carbonyl (C=O) groups is 2. The van der Waals surface area contributed by atoms with Gasteiger partial charge in [-0.25, -0.2) is 0 Å². The summed E-state index contributed by atoms with van der Waals surface area (Å²) in [7, 11) is 0. The fourth-order valence-corrected chi connectivity index (χ4v) is 4.86. The number of benzene rings is 3. The summed E-state index contributed by atoms with van der Waals surface area (Å²) in [5, 5.41) is 20.1. The van der Waals surface area contributed by atoms with E-state index < -0.39 is 11.9 Å². The molecule has 0 fully saturated rings. The van der Waals surface area contributed by atoms with Crippen LogP contribution in [0.5, 0.6) is 11.5 Å². The molecule has 0 aliphatic heterocycles. The molecule has 3 aromatic carbocycles. The Labute approximate surface area is 243 Å². The van der Waals surface area contributed by atoms with Gasteiger partial charge in [-0.3, -0.25) is 9.59 Å². The minimum absolute atomic E-state index is 0.0681. The van der Waals surface area contributed by atoms with E-state index in [0.29, 0.717) is 36.8 Å². The van der Waals surface area contributed by atoms with E-state index in [1.165, 1.54) is 0 Å². The van der Waals surface area contributed by atoms with Gasteiger partial charge in [-0.15, -0.1) is 0 Å². The standard InChI is InChI=1S/C33H32ClNO6/c1-23-27(9-7-13-31(36)37)28-10-6-8-25(33(28)35(23)22-32(38)39)17-14-24-15-18-26(19-16-24)40-20-4-5-21-41-30-12-3-2-11-29(30)34/h2-6,8,10-12,14-19H,7,9,13,20-22H2,1H3,(H,36,37)(H,38,39)/b5-4+,17-14+. The van der Waals surface area contributed by atoms with Crippen LogP contribution in [0.1, 0.15) is 35.2 Å². The van der Waals surface area contributed by atoms with Crippen molar-refractivity contribution in [2.45, 2.75) is 32.7 Å². The van der Waals surface area contributed by atoms with Gasteiger partial charge in [0.1, 0.15) is 31.3 Å². The van der Waals surface area contributed by atoms with E-state index in [0.717, 1.165) is 39.0 Å². The normalized spacial score (nSPS) is 11.5. The van der Waals surface area contributed by atoms with E-state index in [9.17, 15) is 14.7 Å². The van der Waals surface area contributed by atoms with Crippen molar-refractivity contribution in [2.75, 3.05) is 13.2 Å². The second kappa shape index (κ2) is 14.2. The number of hydrogen-bond donors (Lipinski definition) is 2. The molecule has 0 saturated carbocycles. The first kappa shape index (κ1) is 29.5. The van der Waals surface area contributed by atoms with Crippen LogP contribution < -0.4 is 9.47 Å². The number of nitrogens with zero attached hydrogens (tertiary/aromatic N) is 1. The highest BCUT2D eigenvalue weighted by Gasteiger charge is 2.18. The monoisotopic (exact) mass is 573 g/mol. The molecule has 1 aromatic heterocycles. The number of halogens is 1. The minimum Gasteiger partial charge on any atom is -0.490 e. The highest BCUT2D eigenvalue weighted by molar-refractivity contribution is 6.32. The molecule has 0 atom stereocenters. The van der Waals surface area contributed by atoms with Gasteiger partial charge in [-0.1, -0.05) is 66.2 Å². The molecular formula is C33H32ClNO6. The SMILES string of the molecule is Cc1c(CCCC(=O)O)c2cccc(/C=C/c3ccc(OC/C=C/COc4ccccc4Cl)cc3)c2n1CC(=O)O. The van der Waals surface area contributed by atoms with Crippen LogP contribution in [0.4, 0.5) is 0 Å². The molecule has 8 heteroatoms. The third kappa shape index (κ3) is 8.02. The lowest BCUT2D eigenvalue weighted by molar-refractivity contribution is -0.138. The summed E-state index contributed by atoms with van der Waals surface area (Å²) < 4.78 is 13.2. The molecule has 0 radical (unpaired) electrons. The Hall–Kier alpha value is -4.49. The van der Waals surface area contributed by atoms with Gasteiger partial charge >= 0.3 is 11.9 Å². The van der Waals surface area contributed by atoms with Crippen LogP contribution in [-0.4, -0.2) is 39.9 Å². The molecule has 0 unspecified atom stereocenters. The number of hydrogen-bond acceptors (Lipinski definition) is 4. The maximum absolute atomic E-state index is 11.7. The van der Waals surface area contributed by atoms with Crippen molar-refractivity contribution in [3.63, 3.8) is 0 Å². The van der Waals surface area contributed by atoms with Crippen molar-refractivity contribution >= 4 is 46.6 Å². The maximum Gasteiger partial charge on any atom is 0.323 e. The number of aryl methyl sites for hydroxylation is 1. The lowest BCUT2D eigenvalue weighted by atomic mass is 10.0. The van der Waals surface area contributed by atoms with Crippen molar-refractivity contribution in [1.29, 1.82) is 0 Å². The number of rotatable bonds is 14. The van der Waals surface area contributed by atoms with Crippen LogP contribution in [0.25, 0.3) is 23.1 Å². The lowest BCUT2D eigenvalue weighted by Gasteiger charge is -2.08. The smallest absolute Gasteiger partial charge is 0.323 e. The summed E-state index contributed by atoms with van der Waals surface area (Å²) >= 11 is 6.08. The lowest BCUT2D eigenvalue weighted by Crippen LogP contribution is -2.10. The van der Waals surface area contributed by atoms with Gasteiger partial charge in [-0.05, 0) is 72.9 Å². The number of carboxylic acid groups (broad SMARTS) is 2. The van der Waals surface area contributed by atoms with Crippen molar-refractivity contribution in [1.82, 2.24) is 4.57 Å². The van der Waals surface area contributed by atoms with Gasteiger partial charge in [0.05, 0.1) is 10.5 Å². The number of para-hydroxylation sites is 2. The van der Waals surface area contributed by atoms with Gasteiger partial charge < -0.3 is 24.3 Å². The Kier molecular flexibility index (Phi) is 10.2. The summed E-state index contributed by atoms with van der Waals surface area (Å²) in [6.07, 6.45) is 8.83. The number of aromatic nitrogens is 1. The molecule has 0 aliphatic carbocycles. The summed E-state index contributed by atoms with van der Waals surface area (Å²) in [4.78, 5) is 22.7. The van der Waals surface area contributed by atoms with E-state index in [4.69, 9.17) is 26.2 Å². The minimum atomic E-state index is -0.931. The van der Waals surface area contributed by atoms with Crippen LogP contribution in [0.3, 0.4) is 0 Å². The first-order valence-corrected chi connectivity index (χ1v) is 13.7. The fraction of sp³-hybridized carbons (Fsp3) is 0.212. The van der Waals surface area contributed by atoms with Gasteiger partial charge in [0.25, 0.3) is 0 Å². The molecule has 4 rings (SSSR count). The molecule has 0 amide bonds. The number of carboxylic acids is 2. The van der Waals surface area contributed by atoms with Gasteiger partial charge in [0.15, 0.2) is 0 Å². The van der Waals surface area contributed by atoms with Crippen LogP contribution >= 0.6 is 11.6 Å². The summed E-state index contributed by atoms with van der Waals surface area (Å²) in [5.74, 6) is -0.397. The second-order valence-electron chi connectivity index (χ2n) is 9.46. The quantitative estimate of drug-likeness (QED) is 0.121. The topological polar surface area (TPSA) is 98.0 Å². The Bertz CT molecular complexity index is 1570. The first-order valence-electron chi connectivity index (χ1n) is 13.3. The van der Waals surface area contributed by atoms with Crippen molar-refractivity contribution in [2.24, 2.45) is 0 Å². The molecule has 212 valence electrons. The highest BCUT2D eigenvalue weighted by Crippen LogP contribution is 2.31. The van der Waals surface area contributed by atoms with Crippen molar-refractivity contribution in [3.05, 3.63) is 106 Å². The molecule has 41 heavy (non-hydrogen) atoms. The average Bonchev–Trinajstić information content (AvgIpc) is 3.21. The molecular weight excluding hydrogens is 542 g/mol. The van der Waals surface area contributed by atoms with E-state index >= 15 is 0 Å². The van der Waals surface area contributed by atoms with Gasteiger partial charge in [0.2, 0.25) is 0 Å². The van der Waals surface area contributed by atoms with E-state index in [1.54, 1.807) is 10.6 Å². The zero-order valence-corrected chi connectivity index (χ0v) is 23.5. The molecule has 4 aromatic rings. The number of aliphatic carboxylic acids is 2. The maximum atomic E-state index is 11.7. The summed E-state index contributed by atoms with van der Waals surface area (Å²) in [5.41, 5.74) is 4.52. The molecule has 0 saturated heterocycles. The largest absolute Gasteiger partial charge is 0.490 e. The number of fused-ring (bicyclic) bond motifs is 1. The molecule has 0 aliphatic rings. The molecule has 0 bridgehead atoms. The Morgan fingerprint density at radius 3 is 2.32 bits per heavy atom. The fourth-order valence-electron chi connectivity index (χ4n) is 4.67. The Morgan fingerprint density at radius 2 is 1.61 bits per heavy atom. The van der Waals surface area contributed by atoms with Crippen LogP contribution in [0.2, 0.25) is 5.02 Å². The van der Waals surface area contributed by atoms with E-state index in [-0.39, 0.29) is 13.0 Å². The zero-order valence-electron chi connectivity index (χ0n) is 22.8. The Morgan fingerprint density at radius 1 is 0.878 bits per heavy atom. The molecule has 2 N–H and O–H groups in total. The first-order chi connectivity index (χ1) is 19.8. The highest BCUT2D eigenvalue weighted by atomic mass is 35.5. The van der Waals surface area contributed by atoms with E-state index in [1.807, 2.05) is 91.9 Å². The van der Waals surface area contributed by atoms with Crippen molar-refractivity contribution in [3.8, 4) is 11.5 Å². The molecule has 7 nitrogen and oxygen atoms in total. The summed E-state index contributed by atoms with van der Waals surface area (Å²) in [6.45, 7) is 2.52. The molecule has 0 spiro atoms. The van der Waals surface area contributed by atoms with Crippen LogP contribution in [0.15, 0.2) is 78.9 Å². The van der Waals surface area contributed by atoms with Crippen molar-refractivity contribution < 1.29 is 29.3 Å². The predicted molar refractivity (Wildman–Crippen MR) is 162 cm³/mol. The third-order valence-corrected chi connectivity index (χ3v) is 6.95. The van der Waals surface area contributed by atoms with E-state index in [2.05, 4.69) is 0 Å². The van der Waals surface area contributed by atoms with Crippen LogP contribution in [0, 0.1) is 6.92 Å². The van der Waals surface area contributed by atoms with Gasteiger partial charge in [0, 0.05) is 17.5 Å². The average molecular weight is 574 g/mol. The number of ether oxygens (including phenoxy) is 2.